The number of nitrogens with one attached hydrogen (secondary N) is 1. The van der Waals surface area contributed by atoms with Gasteiger partial charge in [0.2, 0.25) is 0 Å². The minimum Gasteiger partial charge on any atom is -0.218 e. The summed E-state index contributed by atoms with van der Waals surface area (Å²) in [6, 6.07) is 5.86. The second kappa shape index (κ2) is 11.7. The maximum Gasteiger partial charge on any atom is 0.166 e. The Morgan fingerprint density at radius 1 is 0.909 bits per heavy atom. The van der Waals surface area contributed by atoms with Crippen molar-refractivity contribution in [3.8, 4) is 0 Å². The molecule has 0 unspecified atom stereocenters. The van der Waals surface area contributed by atoms with Crippen molar-refractivity contribution in [2.24, 2.45) is 0 Å². The molecule has 67 valence electrons. The van der Waals surface area contributed by atoms with E-state index in [1.165, 1.54) is 0 Å². The summed E-state index contributed by atoms with van der Waals surface area (Å²) in [5.41, 5.74) is 0. The predicted octanol–water partition coefficient (Wildman–Crippen LogP) is 0.0390. The van der Waals surface area contributed by atoms with Gasteiger partial charge in [-0.15, -0.1) is 0 Å². The average molecular weight is 501 g/mol. The monoisotopic (exact) mass is 498 g/mol. The van der Waals surface area contributed by atoms with Gasteiger partial charge in [0.25, 0.3) is 0 Å². The van der Waals surface area contributed by atoms with Crippen molar-refractivity contribution < 1.29 is 32.0 Å². The van der Waals surface area contributed by atoms with Gasteiger partial charge in [-0.25, -0.2) is 4.98 Å². The molecular weight excluding hydrogens is 495 g/mol. The van der Waals surface area contributed by atoms with Crippen molar-refractivity contribution in [3.05, 3.63) is 30.6 Å². The molecule has 1 aromatic rings. The van der Waals surface area contributed by atoms with Crippen molar-refractivity contribution in [1.82, 2.24) is 0 Å². The van der Waals surface area contributed by atoms with Crippen LogP contribution in [-0.2, 0) is 10.1 Å². The minimum atomic E-state index is -0.732. The Labute approximate surface area is 102 Å². The summed E-state index contributed by atoms with van der Waals surface area (Å²) in [5, 5.41) is 0. The van der Waals surface area contributed by atoms with Gasteiger partial charge in [-0.05, 0) is 0 Å². The first-order valence-electron chi connectivity index (χ1n) is 2.31. The van der Waals surface area contributed by atoms with E-state index in [0.29, 0.717) is 0 Å². The standard InChI is InChI=1S/C5H5N.4BrH.Ru/c1-2-4-6-5-3-1;;;;;/h1-5H;4*1H;/q;;;;;+3/p-3. The molecule has 0 bridgehead atoms. The SMILES string of the molecule is [Br-].[Br][Ru]([Br])[Br].c1cc[nH+]cc1. The maximum absolute atomic E-state index is 3.25. The van der Waals surface area contributed by atoms with Gasteiger partial charge in [-0.3, -0.25) is 0 Å². The molecule has 0 aliphatic heterocycles. The summed E-state index contributed by atoms with van der Waals surface area (Å²) in [5.74, 6) is 0. The molecule has 11 heavy (non-hydrogen) atoms. The topological polar surface area (TPSA) is 14.1 Å². The molecule has 0 spiro atoms. The first kappa shape index (κ1) is 15.2. The van der Waals surface area contributed by atoms with Crippen LogP contribution in [-0.4, -0.2) is 0 Å². The largest absolute Gasteiger partial charge is 0.218 e. The quantitative estimate of drug-likeness (QED) is 0.447. The number of hydrogen-bond acceptors (Lipinski definition) is 0. The van der Waals surface area contributed by atoms with E-state index in [1.54, 1.807) is 0 Å². The fourth-order valence-corrected chi connectivity index (χ4v) is 0.342. The van der Waals surface area contributed by atoms with Crippen LogP contribution in [0.2, 0.25) is 0 Å². The second-order valence-electron chi connectivity index (χ2n) is 1.23. The zero-order valence-electron chi connectivity index (χ0n) is 5.25. The Bertz CT molecular complexity index is 119. The van der Waals surface area contributed by atoms with Crippen LogP contribution in [0.25, 0.3) is 0 Å². The van der Waals surface area contributed by atoms with Crippen LogP contribution in [0.5, 0.6) is 0 Å². The van der Waals surface area contributed by atoms with E-state index < -0.39 is 10.1 Å². The molecule has 0 aliphatic rings. The van der Waals surface area contributed by atoms with Crippen LogP contribution >= 0.6 is 40.9 Å². The van der Waals surface area contributed by atoms with E-state index in [4.69, 9.17) is 0 Å². The summed E-state index contributed by atoms with van der Waals surface area (Å²) >= 11 is 9.74. The molecule has 0 amide bonds. The summed E-state index contributed by atoms with van der Waals surface area (Å²) in [6.07, 6.45) is 3.75. The molecule has 1 nitrogen and oxygen atoms in total. The summed E-state index contributed by atoms with van der Waals surface area (Å²) in [4.78, 5) is 2.89. The first-order valence-corrected chi connectivity index (χ1v) is 14.2. The van der Waals surface area contributed by atoms with Crippen molar-refractivity contribution in [2.45, 2.75) is 0 Å². The van der Waals surface area contributed by atoms with Gasteiger partial charge in [-0.1, -0.05) is 6.07 Å². The van der Waals surface area contributed by atoms with Gasteiger partial charge in [-0.2, -0.15) is 0 Å². The molecule has 6 heteroatoms. The van der Waals surface area contributed by atoms with Gasteiger partial charge < -0.3 is 17.0 Å². The molecular formula is C5H6Br4NRu. The summed E-state index contributed by atoms with van der Waals surface area (Å²) < 4.78 is 0. The maximum atomic E-state index is 3.25. The number of H-pyrrole nitrogens is 1. The Morgan fingerprint density at radius 3 is 1.36 bits per heavy atom. The van der Waals surface area contributed by atoms with Gasteiger partial charge >= 0.3 is 50.9 Å². The van der Waals surface area contributed by atoms with Crippen LogP contribution in [0.1, 0.15) is 0 Å². The number of aromatic amines is 1. The molecule has 0 saturated carbocycles. The van der Waals surface area contributed by atoms with Crippen LogP contribution in [0.4, 0.5) is 0 Å². The Kier molecular flexibility index (Phi) is 16.1. The summed E-state index contributed by atoms with van der Waals surface area (Å²) in [7, 11) is -0.732. The van der Waals surface area contributed by atoms with E-state index in [2.05, 4.69) is 45.9 Å². The molecule has 0 aromatic carbocycles. The van der Waals surface area contributed by atoms with Crippen LogP contribution in [0, 0.1) is 0 Å². The average Bonchev–Trinajstić information content (AvgIpc) is 1.90. The van der Waals surface area contributed by atoms with Gasteiger partial charge in [0.15, 0.2) is 12.4 Å². The van der Waals surface area contributed by atoms with Crippen molar-refractivity contribution in [1.29, 1.82) is 0 Å². The molecule has 1 rings (SSSR count). The molecule has 1 heterocycles. The minimum absolute atomic E-state index is 0. The summed E-state index contributed by atoms with van der Waals surface area (Å²) in [6.45, 7) is 0. The first-order chi connectivity index (χ1) is 4.73. The van der Waals surface area contributed by atoms with E-state index in [9.17, 15) is 0 Å². The number of pyridine rings is 1. The molecule has 1 N–H and O–H groups in total. The predicted molar refractivity (Wildman–Crippen MR) is 49.8 cm³/mol. The number of aromatic nitrogens is 1. The third-order valence-electron chi connectivity index (χ3n) is 0.607. The van der Waals surface area contributed by atoms with Crippen LogP contribution in [0.15, 0.2) is 30.6 Å². The number of halogens is 4. The van der Waals surface area contributed by atoms with Gasteiger partial charge in [0.05, 0.1) is 0 Å². The van der Waals surface area contributed by atoms with Crippen molar-refractivity contribution >= 4 is 40.9 Å². The van der Waals surface area contributed by atoms with Crippen LogP contribution < -0.4 is 22.0 Å². The Morgan fingerprint density at radius 2 is 1.27 bits per heavy atom. The second-order valence-corrected chi connectivity index (χ2v) is 25.3. The normalized spacial score (nSPS) is 8.45. The number of hydrogen-bond donors (Lipinski definition) is 0. The van der Waals surface area contributed by atoms with E-state index >= 15 is 0 Å². The molecule has 0 aliphatic carbocycles. The molecule has 0 radical (unpaired) electrons. The zero-order valence-corrected chi connectivity index (χ0v) is 13.3. The van der Waals surface area contributed by atoms with E-state index in [0.717, 1.165) is 0 Å². The number of rotatable bonds is 0. The van der Waals surface area contributed by atoms with Crippen molar-refractivity contribution in [3.63, 3.8) is 0 Å². The van der Waals surface area contributed by atoms with Gasteiger partial charge in [0, 0.05) is 12.1 Å². The van der Waals surface area contributed by atoms with Crippen molar-refractivity contribution in [2.75, 3.05) is 0 Å². The molecule has 0 saturated heterocycles. The fraction of sp³-hybridized carbons (Fsp3) is 0. The third-order valence-corrected chi connectivity index (χ3v) is 0.607. The Balaban J connectivity index is 0. The molecule has 1 aromatic heterocycles. The van der Waals surface area contributed by atoms with E-state index in [1.807, 2.05) is 30.6 Å². The third kappa shape index (κ3) is 18.6. The molecule has 0 atom stereocenters. The molecule has 0 fully saturated rings. The zero-order chi connectivity index (χ0) is 7.82. The smallest absolute Gasteiger partial charge is 0.166 e. The van der Waals surface area contributed by atoms with Crippen LogP contribution in [0.3, 0.4) is 0 Å². The van der Waals surface area contributed by atoms with E-state index in [-0.39, 0.29) is 17.0 Å². The fourth-order valence-electron chi connectivity index (χ4n) is 0.342. The Hall–Kier alpha value is 1.69. The van der Waals surface area contributed by atoms with Gasteiger partial charge in [0.1, 0.15) is 0 Å².